The predicted octanol–water partition coefficient (Wildman–Crippen LogP) is 1.22. The third-order valence-corrected chi connectivity index (χ3v) is 4.10. The number of hydrogen-bond acceptors (Lipinski definition) is 4. The molecule has 1 fully saturated rings. The van der Waals surface area contributed by atoms with Crippen molar-refractivity contribution in [2.75, 3.05) is 53.1 Å². The molecule has 1 unspecified atom stereocenters. The van der Waals surface area contributed by atoms with Crippen molar-refractivity contribution >= 4 is 5.96 Å². The third kappa shape index (κ3) is 6.49. The summed E-state index contributed by atoms with van der Waals surface area (Å²) in [5.74, 6) is 1.61. The highest BCUT2D eigenvalue weighted by Crippen LogP contribution is 2.16. The van der Waals surface area contributed by atoms with Crippen molar-refractivity contribution in [2.45, 2.75) is 26.3 Å². The molecule has 1 aromatic heterocycles. The Morgan fingerprint density at radius 3 is 3.08 bits per heavy atom. The minimum absolute atomic E-state index is 0.580. The molecule has 2 heterocycles. The number of ether oxygens (including phenoxy) is 2. The molecular weight excluding hydrogens is 306 g/mol. The lowest BCUT2D eigenvalue weighted by atomic mass is 10.1. The molecule has 136 valence electrons. The van der Waals surface area contributed by atoms with Gasteiger partial charge >= 0.3 is 0 Å². The van der Waals surface area contributed by atoms with E-state index in [4.69, 9.17) is 14.5 Å². The highest BCUT2D eigenvalue weighted by Gasteiger charge is 2.24. The summed E-state index contributed by atoms with van der Waals surface area (Å²) >= 11 is 0. The fourth-order valence-electron chi connectivity index (χ4n) is 2.84. The molecule has 0 amide bonds. The number of guanidine groups is 1. The van der Waals surface area contributed by atoms with Crippen LogP contribution in [0.25, 0.3) is 0 Å². The third-order valence-electron chi connectivity index (χ3n) is 4.10. The maximum absolute atomic E-state index is 5.67. The Morgan fingerprint density at radius 1 is 1.42 bits per heavy atom. The number of rotatable bonds is 10. The highest BCUT2D eigenvalue weighted by molar-refractivity contribution is 5.80. The van der Waals surface area contributed by atoms with Crippen LogP contribution in [0.3, 0.4) is 0 Å². The van der Waals surface area contributed by atoms with Crippen LogP contribution in [-0.4, -0.2) is 73.5 Å². The van der Waals surface area contributed by atoms with Gasteiger partial charge < -0.3 is 24.3 Å². The number of nitrogens with one attached hydrogen (secondary N) is 1. The topological polar surface area (TPSA) is 63.9 Å². The molecule has 7 nitrogen and oxygen atoms in total. The van der Waals surface area contributed by atoms with Crippen LogP contribution in [0.5, 0.6) is 0 Å². The second-order valence-corrected chi connectivity index (χ2v) is 6.06. The van der Waals surface area contributed by atoms with Gasteiger partial charge in [0.05, 0.1) is 26.1 Å². The van der Waals surface area contributed by atoms with Crippen LogP contribution in [-0.2, 0) is 16.0 Å². The summed E-state index contributed by atoms with van der Waals surface area (Å²) in [6.45, 7) is 9.00. The minimum atomic E-state index is 0.580. The fourth-order valence-corrected chi connectivity index (χ4v) is 2.84. The number of aliphatic imine (C=N–C) groups is 1. The highest BCUT2D eigenvalue weighted by atomic mass is 16.5. The Morgan fingerprint density at radius 2 is 2.33 bits per heavy atom. The maximum atomic E-state index is 5.67. The van der Waals surface area contributed by atoms with Crippen LogP contribution in [0.2, 0.25) is 0 Å². The van der Waals surface area contributed by atoms with Gasteiger partial charge in [0.2, 0.25) is 0 Å². The smallest absolute Gasteiger partial charge is 0.193 e. The van der Waals surface area contributed by atoms with Crippen LogP contribution in [0, 0.1) is 5.92 Å². The summed E-state index contributed by atoms with van der Waals surface area (Å²) in [6, 6.07) is 0. The molecule has 1 aliphatic heterocycles. The van der Waals surface area contributed by atoms with Crippen molar-refractivity contribution in [3.05, 3.63) is 18.7 Å². The first-order valence-corrected chi connectivity index (χ1v) is 8.89. The molecule has 0 radical (unpaired) electrons. The number of nitrogens with zero attached hydrogens (tertiary/aromatic N) is 4. The van der Waals surface area contributed by atoms with Crippen LogP contribution in [0.1, 0.15) is 19.8 Å². The van der Waals surface area contributed by atoms with Gasteiger partial charge in [-0.3, -0.25) is 4.99 Å². The number of aromatic nitrogens is 2. The summed E-state index contributed by atoms with van der Waals surface area (Å²) in [6.07, 6.45) is 7.83. The Bertz CT molecular complexity index is 464. The zero-order valence-electron chi connectivity index (χ0n) is 15.0. The van der Waals surface area contributed by atoms with Crippen molar-refractivity contribution in [1.82, 2.24) is 19.8 Å². The molecule has 0 aliphatic carbocycles. The summed E-state index contributed by atoms with van der Waals surface area (Å²) in [4.78, 5) is 11.2. The predicted molar refractivity (Wildman–Crippen MR) is 95.2 cm³/mol. The van der Waals surface area contributed by atoms with Crippen LogP contribution < -0.4 is 5.32 Å². The van der Waals surface area contributed by atoms with E-state index in [1.807, 2.05) is 18.7 Å². The van der Waals surface area contributed by atoms with E-state index in [-0.39, 0.29) is 0 Å². The van der Waals surface area contributed by atoms with Crippen molar-refractivity contribution in [3.8, 4) is 0 Å². The number of imidazole rings is 1. The fraction of sp³-hybridized carbons (Fsp3) is 0.765. The van der Waals surface area contributed by atoms with Crippen molar-refractivity contribution in [3.63, 3.8) is 0 Å². The molecule has 1 saturated heterocycles. The molecule has 1 aromatic rings. The van der Waals surface area contributed by atoms with Crippen molar-refractivity contribution in [2.24, 2.45) is 10.9 Å². The molecule has 0 aromatic carbocycles. The molecule has 0 bridgehead atoms. The van der Waals surface area contributed by atoms with Gasteiger partial charge in [-0.05, 0) is 19.8 Å². The van der Waals surface area contributed by atoms with E-state index >= 15 is 0 Å². The van der Waals surface area contributed by atoms with E-state index in [0.29, 0.717) is 19.1 Å². The number of methoxy groups -OCH3 is 1. The van der Waals surface area contributed by atoms with Gasteiger partial charge in [-0.25, -0.2) is 4.98 Å². The summed E-state index contributed by atoms with van der Waals surface area (Å²) in [7, 11) is 1.70. The van der Waals surface area contributed by atoms with Crippen molar-refractivity contribution < 1.29 is 9.47 Å². The standard InChI is InChI=1S/C17H31N5O2/c1-3-19-17(20-6-4-8-21-10-7-18-15-21)22-9-5-16(13-22)14-24-12-11-23-2/h7,10,15-16H,3-6,8-9,11-14H2,1-2H3,(H,19,20). The number of aryl methyl sites for hydroxylation is 1. The zero-order valence-corrected chi connectivity index (χ0v) is 15.0. The number of likely N-dealkylation sites (tertiary alicyclic amines) is 1. The molecule has 1 atom stereocenters. The second-order valence-electron chi connectivity index (χ2n) is 6.06. The maximum Gasteiger partial charge on any atom is 0.193 e. The average molecular weight is 337 g/mol. The molecule has 0 saturated carbocycles. The Kier molecular flexibility index (Phi) is 8.62. The Balaban J connectivity index is 1.72. The minimum Gasteiger partial charge on any atom is -0.382 e. The molecule has 1 N–H and O–H groups in total. The van der Waals surface area contributed by atoms with Gasteiger partial charge in [0.15, 0.2) is 5.96 Å². The molecule has 1 aliphatic rings. The zero-order chi connectivity index (χ0) is 17.0. The largest absolute Gasteiger partial charge is 0.382 e. The molecule has 24 heavy (non-hydrogen) atoms. The first kappa shape index (κ1) is 18.7. The average Bonchev–Trinajstić information content (AvgIpc) is 3.26. The van der Waals surface area contributed by atoms with Crippen LogP contribution >= 0.6 is 0 Å². The van der Waals surface area contributed by atoms with Crippen LogP contribution in [0.15, 0.2) is 23.7 Å². The van der Waals surface area contributed by atoms with E-state index in [1.54, 1.807) is 7.11 Å². The molecular formula is C17H31N5O2. The number of hydrogen-bond donors (Lipinski definition) is 1. The van der Waals surface area contributed by atoms with Gasteiger partial charge in [-0.15, -0.1) is 0 Å². The van der Waals surface area contributed by atoms with Gasteiger partial charge in [0.25, 0.3) is 0 Å². The quantitative estimate of drug-likeness (QED) is 0.395. The second kappa shape index (κ2) is 11.0. The Labute approximate surface area is 145 Å². The lowest BCUT2D eigenvalue weighted by molar-refractivity contribution is 0.0536. The van der Waals surface area contributed by atoms with E-state index in [0.717, 1.165) is 58.1 Å². The lowest BCUT2D eigenvalue weighted by Gasteiger charge is -2.21. The Hall–Kier alpha value is -1.60. The van der Waals surface area contributed by atoms with E-state index < -0.39 is 0 Å². The van der Waals surface area contributed by atoms with Gasteiger partial charge in [0.1, 0.15) is 0 Å². The van der Waals surface area contributed by atoms with Gasteiger partial charge in [-0.2, -0.15) is 0 Å². The van der Waals surface area contributed by atoms with E-state index in [9.17, 15) is 0 Å². The van der Waals surface area contributed by atoms with Crippen molar-refractivity contribution in [1.29, 1.82) is 0 Å². The van der Waals surface area contributed by atoms with E-state index in [1.165, 1.54) is 0 Å². The summed E-state index contributed by atoms with van der Waals surface area (Å²) in [5, 5.41) is 3.41. The van der Waals surface area contributed by atoms with Crippen LogP contribution in [0.4, 0.5) is 0 Å². The first-order chi connectivity index (χ1) is 11.8. The van der Waals surface area contributed by atoms with E-state index in [2.05, 4.69) is 26.7 Å². The summed E-state index contributed by atoms with van der Waals surface area (Å²) < 4.78 is 12.8. The van der Waals surface area contributed by atoms with Gasteiger partial charge in [0, 0.05) is 58.1 Å². The normalized spacial score (nSPS) is 18.3. The first-order valence-electron chi connectivity index (χ1n) is 8.89. The SMILES string of the molecule is CCNC(=NCCCn1ccnc1)N1CCC(COCCOC)C1. The molecule has 2 rings (SSSR count). The lowest BCUT2D eigenvalue weighted by Crippen LogP contribution is -2.40. The van der Waals surface area contributed by atoms with Gasteiger partial charge in [-0.1, -0.05) is 0 Å². The molecule has 7 heteroatoms. The summed E-state index contributed by atoms with van der Waals surface area (Å²) in [5.41, 5.74) is 0. The monoisotopic (exact) mass is 337 g/mol. The molecule has 0 spiro atoms.